The molecule has 0 bridgehead atoms. The van der Waals surface area contributed by atoms with E-state index in [9.17, 15) is 9.59 Å². The summed E-state index contributed by atoms with van der Waals surface area (Å²) in [4.78, 5) is 22.6. The maximum absolute atomic E-state index is 11.5. The molecule has 16 heavy (non-hydrogen) atoms. The van der Waals surface area contributed by atoms with Gasteiger partial charge in [0, 0.05) is 0 Å². The van der Waals surface area contributed by atoms with Gasteiger partial charge in [0.15, 0.2) is 0 Å². The van der Waals surface area contributed by atoms with E-state index in [1.165, 1.54) is 11.8 Å². The van der Waals surface area contributed by atoms with E-state index in [4.69, 9.17) is 5.11 Å². The van der Waals surface area contributed by atoms with Crippen molar-refractivity contribution in [1.29, 1.82) is 0 Å². The molecule has 0 aliphatic carbocycles. The smallest absolute Gasteiger partial charge is 0.329 e. The molecule has 0 aromatic heterocycles. The highest BCUT2D eigenvalue weighted by atomic mass is 32.2. The molecule has 0 fully saturated rings. The van der Waals surface area contributed by atoms with E-state index in [-0.39, 0.29) is 5.91 Å². The van der Waals surface area contributed by atoms with Gasteiger partial charge in [-0.15, -0.1) is 0 Å². The van der Waals surface area contributed by atoms with Crippen LogP contribution in [0.4, 0.5) is 0 Å². The normalized spacial score (nSPS) is 14.2. The first-order chi connectivity index (χ1) is 7.46. The van der Waals surface area contributed by atoms with Gasteiger partial charge >= 0.3 is 5.97 Å². The van der Waals surface area contributed by atoms with Gasteiger partial charge in [-0.2, -0.15) is 11.8 Å². The Hall–Kier alpha value is -0.710. The van der Waals surface area contributed by atoms with Gasteiger partial charge in [0.25, 0.3) is 0 Å². The average molecular weight is 247 g/mol. The standard InChI is InChI=1S/C11H21NO3S/c1-4-6-11(3,10(14)15)12-9(13)8-16-7-5-2/h4-8H2,1-3H3,(H,12,13)(H,14,15). The second-order valence-electron chi connectivity index (χ2n) is 3.99. The molecule has 0 aliphatic heterocycles. The van der Waals surface area contributed by atoms with Crippen molar-refractivity contribution in [3.05, 3.63) is 0 Å². The molecule has 1 unspecified atom stereocenters. The molecule has 0 heterocycles. The summed E-state index contributed by atoms with van der Waals surface area (Å²) in [6.07, 6.45) is 2.20. The second-order valence-corrected chi connectivity index (χ2v) is 5.09. The molecule has 0 radical (unpaired) electrons. The van der Waals surface area contributed by atoms with Crippen molar-refractivity contribution in [2.75, 3.05) is 11.5 Å². The number of carboxylic acids is 1. The number of amides is 1. The van der Waals surface area contributed by atoms with Gasteiger partial charge in [0.1, 0.15) is 5.54 Å². The van der Waals surface area contributed by atoms with Gasteiger partial charge in [0.05, 0.1) is 5.75 Å². The molecule has 1 amide bonds. The number of carbonyl (C=O) groups excluding carboxylic acids is 1. The maximum Gasteiger partial charge on any atom is 0.329 e. The van der Waals surface area contributed by atoms with Crippen molar-refractivity contribution in [2.45, 2.75) is 45.6 Å². The number of aliphatic carboxylic acids is 1. The van der Waals surface area contributed by atoms with Crippen LogP contribution in [0, 0.1) is 0 Å². The Labute approximate surface area is 101 Å². The van der Waals surface area contributed by atoms with Gasteiger partial charge in [-0.05, 0) is 25.5 Å². The summed E-state index contributed by atoms with van der Waals surface area (Å²) in [6, 6.07) is 0. The van der Waals surface area contributed by atoms with E-state index in [2.05, 4.69) is 5.32 Å². The number of nitrogens with one attached hydrogen (secondary N) is 1. The maximum atomic E-state index is 11.5. The summed E-state index contributed by atoms with van der Waals surface area (Å²) in [5.74, 6) is 0.0887. The first-order valence-electron chi connectivity index (χ1n) is 5.58. The molecule has 0 saturated heterocycles. The van der Waals surface area contributed by atoms with E-state index < -0.39 is 11.5 Å². The summed E-state index contributed by atoms with van der Waals surface area (Å²) < 4.78 is 0. The van der Waals surface area contributed by atoms with Crippen molar-refractivity contribution < 1.29 is 14.7 Å². The van der Waals surface area contributed by atoms with Crippen molar-refractivity contribution in [3.8, 4) is 0 Å². The summed E-state index contributed by atoms with van der Waals surface area (Å²) in [5, 5.41) is 11.7. The van der Waals surface area contributed by atoms with E-state index in [1.54, 1.807) is 6.92 Å². The van der Waals surface area contributed by atoms with Crippen LogP contribution in [0.15, 0.2) is 0 Å². The summed E-state index contributed by atoms with van der Waals surface area (Å²) >= 11 is 1.53. The molecular weight excluding hydrogens is 226 g/mol. The molecule has 0 aliphatic rings. The van der Waals surface area contributed by atoms with Gasteiger partial charge < -0.3 is 10.4 Å². The highest BCUT2D eigenvalue weighted by molar-refractivity contribution is 7.99. The summed E-state index contributed by atoms with van der Waals surface area (Å²) in [7, 11) is 0. The molecule has 1 atom stereocenters. The van der Waals surface area contributed by atoms with E-state index >= 15 is 0 Å². The SMILES string of the molecule is CCCSCC(=O)NC(C)(CCC)C(=O)O. The van der Waals surface area contributed by atoms with Crippen LogP contribution in [0.1, 0.15) is 40.0 Å². The first kappa shape index (κ1) is 15.3. The van der Waals surface area contributed by atoms with Gasteiger partial charge in [-0.3, -0.25) is 4.79 Å². The predicted octanol–water partition coefficient (Wildman–Crippen LogP) is 1.89. The number of rotatable bonds is 8. The molecular formula is C11H21NO3S. The van der Waals surface area contributed by atoms with E-state index in [0.717, 1.165) is 18.6 Å². The van der Waals surface area contributed by atoms with Crippen LogP contribution >= 0.6 is 11.8 Å². The van der Waals surface area contributed by atoms with E-state index in [1.807, 2.05) is 13.8 Å². The van der Waals surface area contributed by atoms with Crippen LogP contribution in [0.2, 0.25) is 0 Å². The number of hydrogen-bond acceptors (Lipinski definition) is 3. The van der Waals surface area contributed by atoms with Gasteiger partial charge in [-0.1, -0.05) is 20.3 Å². The summed E-state index contributed by atoms with van der Waals surface area (Å²) in [6.45, 7) is 5.50. The fraction of sp³-hybridized carbons (Fsp3) is 0.818. The lowest BCUT2D eigenvalue weighted by atomic mass is 9.96. The van der Waals surface area contributed by atoms with Crippen LogP contribution in [0.25, 0.3) is 0 Å². The van der Waals surface area contributed by atoms with Gasteiger partial charge in [-0.25, -0.2) is 4.79 Å². The number of carboxylic acid groups (broad SMARTS) is 1. The highest BCUT2D eigenvalue weighted by Crippen LogP contribution is 2.13. The Morgan fingerprint density at radius 3 is 2.38 bits per heavy atom. The third kappa shape index (κ3) is 5.39. The first-order valence-corrected chi connectivity index (χ1v) is 6.74. The second kappa shape index (κ2) is 7.54. The molecule has 5 heteroatoms. The Kier molecular flexibility index (Phi) is 7.21. The fourth-order valence-corrected chi connectivity index (χ4v) is 2.07. The fourth-order valence-electron chi connectivity index (χ4n) is 1.38. The monoisotopic (exact) mass is 247 g/mol. The quantitative estimate of drug-likeness (QED) is 0.643. The molecule has 94 valence electrons. The van der Waals surface area contributed by atoms with Crippen molar-refractivity contribution in [2.24, 2.45) is 0 Å². The van der Waals surface area contributed by atoms with Crippen LogP contribution in [-0.2, 0) is 9.59 Å². The minimum Gasteiger partial charge on any atom is -0.480 e. The van der Waals surface area contributed by atoms with Crippen LogP contribution in [0.3, 0.4) is 0 Å². The van der Waals surface area contributed by atoms with Crippen molar-refractivity contribution >= 4 is 23.6 Å². The van der Waals surface area contributed by atoms with Crippen molar-refractivity contribution in [3.63, 3.8) is 0 Å². The predicted molar refractivity (Wildman–Crippen MR) is 66.7 cm³/mol. The Balaban J connectivity index is 4.19. The third-order valence-corrected chi connectivity index (χ3v) is 3.38. The zero-order valence-corrected chi connectivity index (χ0v) is 11.0. The Morgan fingerprint density at radius 2 is 1.94 bits per heavy atom. The van der Waals surface area contributed by atoms with E-state index in [0.29, 0.717) is 12.2 Å². The molecule has 0 aromatic carbocycles. The molecule has 0 saturated carbocycles. The summed E-state index contributed by atoms with van der Waals surface area (Å²) in [5.41, 5.74) is -1.13. The van der Waals surface area contributed by atoms with Gasteiger partial charge in [0.2, 0.25) is 5.91 Å². The minimum absolute atomic E-state index is 0.197. The lowest BCUT2D eigenvalue weighted by Crippen LogP contribution is -2.52. The number of carbonyl (C=O) groups is 2. The van der Waals surface area contributed by atoms with Crippen LogP contribution in [0.5, 0.6) is 0 Å². The average Bonchev–Trinajstić information content (AvgIpc) is 2.18. The third-order valence-electron chi connectivity index (χ3n) is 2.22. The van der Waals surface area contributed by atoms with Crippen LogP contribution < -0.4 is 5.32 Å². The Bertz CT molecular complexity index is 245. The molecule has 0 rings (SSSR count). The minimum atomic E-state index is -1.13. The lowest BCUT2D eigenvalue weighted by Gasteiger charge is -2.25. The molecule has 2 N–H and O–H groups in total. The number of thioether (sulfide) groups is 1. The zero-order valence-electron chi connectivity index (χ0n) is 10.2. The number of hydrogen-bond donors (Lipinski definition) is 2. The zero-order chi connectivity index (χ0) is 12.6. The molecule has 4 nitrogen and oxygen atoms in total. The molecule has 0 spiro atoms. The lowest BCUT2D eigenvalue weighted by molar-refractivity contribution is -0.146. The molecule has 0 aromatic rings. The topological polar surface area (TPSA) is 66.4 Å². The van der Waals surface area contributed by atoms with Crippen LogP contribution in [-0.4, -0.2) is 34.0 Å². The van der Waals surface area contributed by atoms with Crippen molar-refractivity contribution in [1.82, 2.24) is 5.32 Å². The largest absolute Gasteiger partial charge is 0.480 e. The Morgan fingerprint density at radius 1 is 1.31 bits per heavy atom. The highest BCUT2D eigenvalue weighted by Gasteiger charge is 2.33.